The highest BCUT2D eigenvalue weighted by Crippen LogP contribution is 2.25. The van der Waals surface area contributed by atoms with Crippen molar-refractivity contribution in [2.45, 2.75) is 32.8 Å². The molecule has 126 valence electrons. The molecule has 0 saturated carbocycles. The highest BCUT2D eigenvalue weighted by Gasteiger charge is 2.23. The Bertz CT molecular complexity index is 620. The van der Waals surface area contributed by atoms with Crippen molar-refractivity contribution in [3.63, 3.8) is 0 Å². The monoisotopic (exact) mass is 352 g/mol. The fraction of sp³-hybridized carbons (Fsp3) is 0.500. The van der Waals surface area contributed by atoms with Gasteiger partial charge in [0.2, 0.25) is 0 Å². The molecule has 0 aliphatic rings. The van der Waals surface area contributed by atoms with Gasteiger partial charge in [-0.3, -0.25) is 0 Å². The second-order valence-corrected chi connectivity index (χ2v) is 7.49. The molecule has 0 bridgehead atoms. The summed E-state index contributed by atoms with van der Waals surface area (Å²) >= 11 is 3.21. The predicted molar refractivity (Wildman–Crippen MR) is 98.4 cm³/mol. The van der Waals surface area contributed by atoms with Gasteiger partial charge in [0.15, 0.2) is 5.96 Å². The van der Waals surface area contributed by atoms with Crippen LogP contribution in [0.1, 0.15) is 29.4 Å². The van der Waals surface area contributed by atoms with Gasteiger partial charge >= 0.3 is 0 Å². The standard InChI is InChI=1S/C16H24N4OS2/c1-4-17-15(18-8-7-13-10-23-12(2)20-13)19-11-16(3,21)14-6-5-9-22-14/h5-6,9-10,21H,4,7-8,11H2,1-3H3,(H2,17,18,19). The van der Waals surface area contributed by atoms with Gasteiger partial charge in [0.25, 0.3) is 0 Å². The van der Waals surface area contributed by atoms with Crippen molar-refractivity contribution in [2.75, 3.05) is 19.6 Å². The third-order valence-electron chi connectivity index (χ3n) is 3.28. The Morgan fingerprint density at radius 2 is 2.22 bits per heavy atom. The molecule has 1 unspecified atom stereocenters. The quantitative estimate of drug-likeness (QED) is 0.529. The van der Waals surface area contributed by atoms with Gasteiger partial charge in [-0.15, -0.1) is 22.7 Å². The molecule has 0 aromatic carbocycles. The molecule has 5 nitrogen and oxygen atoms in total. The van der Waals surface area contributed by atoms with E-state index in [1.165, 1.54) is 0 Å². The van der Waals surface area contributed by atoms with Gasteiger partial charge in [-0.05, 0) is 32.2 Å². The Morgan fingerprint density at radius 3 is 2.83 bits per heavy atom. The molecule has 0 radical (unpaired) electrons. The zero-order chi connectivity index (χ0) is 16.7. The number of aliphatic imine (C=N–C) groups is 1. The molecule has 1 atom stereocenters. The largest absolute Gasteiger partial charge is 0.383 e. The van der Waals surface area contributed by atoms with Gasteiger partial charge in [-0.25, -0.2) is 9.98 Å². The summed E-state index contributed by atoms with van der Waals surface area (Å²) in [6, 6.07) is 3.88. The van der Waals surface area contributed by atoms with Crippen LogP contribution < -0.4 is 10.6 Å². The summed E-state index contributed by atoms with van der Waals surface area (Å²) in [5.74, 6) is 0.719. The molecule has 2 heterocycles. The van der Waals surface area contributed by atoms with Crippen molar-refractivity contribution in [3.8, 4) is 0 Å². The summed E-state index contributed by atoms with van der Waals surface area (Å²) in [4.78, 5) is 9.89. The third-order valence-corrected chi connectivity index (χ3v) is 5.23. The van der Waals surface area contributed by atoms with Gasteiger partial charge < -0.3 is 15.7 Å². The van der Waals surface area contributed by atoms with Crippen molar-refractivity contribution in [1.29, 1.82) is 0 Å². The van der Waals surface area contributed by atoms with Crippen molar-refractivity contribution >= 4 is 28.6 Å². The summed E-state index contributed by atoms with van der Waals surface area (Å²) < 4.78 is 0. The number of nitrogens with zero attached hydrogens (tertiary/aromatic N) is 2. The maximum absolute atomic E-state index is 10.5. The van der Waals surface area contributed by atoms with Crippen molar-refractivity contribution in [1.82, 2.24) is 15.6 Å². The molecule has 0 amide bonds. The van der Waals surface area contributed by atoms with E-state index in [2.05, 4.69) is 26.0 Å². The number of aliphatic hydroxyl groups is 1. The number of rotatable bonds is 7. The van der Waals surface area contributed by atoms with E-state index < -0.39 is 5.60 Å². The van der Waals surface area contributed by atoms with E-state index in [1.54, 1.807) is 29.6 Å². The Hall–Kier alpha value is -1.44. The molecule has 7 heteroatoms. The molecule has 3 N–H and O–H groups in total. The zero-order valence-corrected chi connectivity index (χ0v) is 15.4. The van der Waals surface area contributed by atoms with Gasteiger partial charge in [0.05, 0.1) is 17.2 Å². The number of thiazole rings is 1. The van der Waals surface area contributed by atoms with Crippen LogP contribution in [0.25, 0.3) is 0 Å². The molecular weight excluding hydrogens is 328 g/mol. The van der Waals surface area contributed by atoms with E-state index in [4.69, 9.17) is 0 Å². The van der Waals surface area contributed by atoms with Gasteiger partial charge in [0, 0.05) is 29.8 Å². The molecule has 0 spiro atoms. The first-order valence-electron chi connectivity index (χ1n) is 7.71. The first-order chi connectivity index (χ1) is 11.0. The minimum Gasteiger partial charge on any atom is -0.383 e. The molecule has 2 aromatic rings. The zero-order valence-electron chi connectivity index (χ0n) is 13.8. The number of hydrogen-bond acceptors (Lipinski definition) is 5. The average Bonchev–Trinajstić information content (AvgIpc) is 3.17. The molecule has 2 aromatic heterocycles. The fourth-order valence-corrected chi connectivity index (χ4v) is 3.50. The minimum absolute atomic E-state index is 0.318. The van der Waals surface area contributed by atoms with Crippen LogP contribution >= 0.6 is 22.7 Å². The number of guanidine groups is 1. The van der Waals surface area contributed by atoms with E-state index in [9.17, 15) is 5.11 Å². The SMILES string of the molecule is CCNC(=NCC(C)(O)c1cccs1)NCCc1csc(C)n1. The number of nitrogens with one attached hydrogen (secondary N) is 2. The minimum atomic E-state index is -0.942. The lowest BCUT2D eigenvalue weighted by Gasteiger charge is -2.20. The van der Waals surface area contributed by atoms with Crippen LogP contribution in [0.2, 0.25) is 0 Å². The van der Waals surface area contributed by atoms with Gasteiger partial charge in [-0.1, -0.05) is 6.07 Å². The Balaban J connectivity index is 1.89. The number of aromatic nitrogens is 1. The van der Waals surface area contributed by atoms with Crippen LogP contribution in [0.5, 0.6) is 0 Å². The Labute approximate surface area is 145 Å². The smallest absolute Gasteiger partial charge is 0.191 e. The molecule has 0 aliphatic heterocycles. The van der Waals surface area contributed by atoms with E-state index >= 15 is 0 Å². The predicted octanol–water partition coefficient (Wildman–Crippen LogP) is 2.52. The first kappa shape index (κ1) is 17.9. The lowest BCUT2D eigenvalue weighted by Crippen LogP contribution is -2.39. The van der Waals surface area contributed by atoms with E-state index in [0.29, 0.717) is 6.54 Å². The van der Waals surface area contributed by atoms with E-state index in [0.717, 1.165) is 41.0 Å². The van der Waals surface area contributed by atoms with E-state index in [1.807, 2.05) is 31.4 Å². The van der Waals surface area contributed by atoms with Crippen molar-refractivity contribution in [2.24, 2.45) is 4.99 Å². The lowest BCUT2D eigenvalue weighted by atomic mass is 10.1. The fourth-order valence-electron chi connectivity index (χ4n) is 2.07. The normalized spacial score (nSPS) is 14.5. The molecule has 23 heavy (non-hydrogen) atoms. The maximum Gasteiger partial charge on any atom is 0.191 e. The molecule has 0 saturated heterocycles. The summed E-state index contributed by atoms with van der Waals surface area (Å²) in [5, 5.41) is 22.2. The number of thiophene rings is 1. The average molecular weight is 353 g/mol. The van der Waals surface area contributed by atoms with Crippen LogP contribution in [0.3, 0.4) is 0 Å². The second-order valence-electron chi connectivity index (χ2n) is 5.48. The molecule has 0 aliphatic carbocycles. The van der Waals surface area contributed by atoms with Gasteiger partial charge in [0.1, 0.15) is 5.60 Å². The summed E-state index contributed by atoms with van der Waals surface area (Å²) in [5.41, 5.74) is 0.157. The van der Waals surface area contributed by atoms with Crippen LogP contribution in [0, 0.1) is 6.92 Å². The van der Waals surface area contributed by atoms with Crippen molar-refractivity contribution < 1.29 is 5.11 Å². The Kier molecular flexibility index (Phi) is 6.56. The second kappa shape index (κ2) is 8.42. The summed E-state index contributed by atoms with van der Waals surface area (Å²) in [7, 11) is 0. The molecular formula is C16H24N4OS2. The van der Waals surface area contributed by atoms with Gasteiger partial charge in [-0.2, -0.15) is 0 Å². The topological polar surface area (TPSA) is 69.5 Å². The van der Waals surface area contributed by atoms with Crippen LogP contribution in [0.15, 0.2) is 27.9 Å². The van der Waals surface area contributed by atoms with E-state index in [-0.39, 0.29) is 0 Å². The van der Waals surface area contributed by atoms with Crippen molar-refractivity contribution in [3.05, 3.63) is 38.5 Å². The first-order valence-corrected chi connectivity index (χ1v) is 9.46. The highest BCUT2D eigenvalue weighted by molar-refractivity contribution is 7.10. The number of aryl methyl sites for hydroxylation is 1. The summed E-state index contributed by atoms with van der Waals surface area (Å²) in [6.45, 7) is 7.69. The molecule has 2 rings (SSSR count). The van der Waals surface area contributed by atoms with Crippen LogP contribution in [0.4, 0.5) is 0 Å². The third kappa shape index (κ3) is 5.60. The Morgan fingerprint density at radius 1 is 1.39 bits per heavy atom. The lowest BCUT2D eigenvalue weighted by molar-refractivity contribution is 0.0711. The number of hydrogen-bond donors (Lipinski definition) is 3. The molecule has 0 fully saturated rings. The maximum atomic E-state index is 10.5. The highest BCUT2D eigenvalue weighted by atomic mass is 32.1. The van der Waals surface area contributed by atoms with Crippen LogP contribution in [-0.4, -0.2) is 35.7 Å². The summed E-state index contributed by atoms with van der Waals surface area (Å²) in [6.07, 6.45) is 0.857. The van der Waals surface area contributed by atoms with Crippen LogP contribution in [-0.2, 0) is 12.0 Å².